The first-order chi connectivity index (χ1) is 11.2. The van der Waals surface area contributed by atoms with E-state index in [4.69, 9.17) is 18.9 Å². The van der Waals surface area contributed by atoms with Gasteiger partial charge in [-0.2, -0.15) is 0 Å². The first-order valence-electron chi connectivity index (χ1n) is 7.98. The predicted octanol–water partition coefficient (Wildman–Crippen LogP) is 2.44. The van der Waals surface area contributed by atoms with Gasteiger partial charge in [-0.25, -0.2) is 9.59 Å². The van der Waals surface area contributed by atoms with Crippen molar-refractivity contribution in [2.24, 2.45) is 0 Å². The second-order valence-corrected chi connectivity index (χ2v) is 6.29. The van der Waals surface area contributed by atoms with Crippen molar-refractivity contribution in [1.29, 1.82) is 0 Å². The molecule has 24 heavy (non-hydrogen) atoms. The Morgan fingerprint density at radius 2 is 1.92 bits per heavy atom. The van der Waals surface area contributed by atoms with Gasteiger partial charge >= 0.3 is 11.9 Å². The highest BCUT2D eigenvalue weighted by Crippen LogP contribution is 2.29. The zero-order valence-electron chi connectivity index (χ0n) is 14.6. The van der Waals surface area contributed by atoms with Crippen LogP contribution in [0.5, 0.6) is 0 Å². The van der Waals surface area contributed by atoms with Crippen molar-refractivity contribution >= 4 is 11.9 Å². The maximum Gasteiger partial charge on any atom is 0.334 e. The highest BCUT2D eigenvalue weighted by Gasteiger charge is 2.37. The van der Waals surface area contributed by atoms with E-state index in [-0.39, 0.29) is 12.2 Å². The summed E-state index contributed by atoms with van der Waals surface area (Å²) in [5, 5.41) is 0. The Hall–Kier alpha value is -1.92. The first kappa shape index (κ1) is 18.4. The van der Waals surface area contributed by atoms with E-state index in [0.717, 1.165) is 0 Å². The standard InChI is InChI=1S/C18H24O6/c1-6-11(2)17(20)22-15-9-10-16(19)21-14(15)8-7-13-12(3)23-18(4,5)24-13/h6-10,12-15H,1-5H3. The molecule has 1 saturated heterocycles. The minimum absolute atomic E-state index is 0.127. The zero-order valence-corrected chi connectivity index (χ0v) is 14.6. The van der Waals surface area contributed by atoms with E-state index >= 15 is 0 Å². The molecular formula is C18H24O6. The highest BCUT2D eigenvalue weighted by molar-refractivity contribution is 5.88. The molecule has 132 valence electrons. The fraction of sp³-hybridized carbons (Fsp3) is 0.556. The van der Waals surface area contributed by atoms with Crippen LogP contribution < -0.4 is 0 Å². The fourth-order valence-corrected chi connectivity index (χ4v) is 2.49. The average molecular weight is 336 g/mol. The highest BCUT2D eigenvalue weighted by atomic mass is 16.7. The molecular weight excluding hydrogens is 312 g/mol. The Kier molecular flexibility index (Phi) is 5.62. The topological polar surface area (TPSA) is 71.1 Å². The van der Waals surface area contributed by atoms with Gasteiger partial charge in [-0.1, -0.05) is 12.2 Å². The van der Waals surface area contributed by atoms with Gasteiger partial charge in [-0.05, 0) is 46.8 Å². The summed E-state index contributed by atoms with van der Waals surface area (Å²) in [7, 11) is 0. The molecule has 2 aliphatic heterocycles. The number of carbonyl (C=O) groups is 2. The molecule has 0 spiro atoms. The largest absolute Gasteiger partial charge is 0.451 e. The molecule has 2 heterocycles. The molecule has 6 nitrogen and oxygen atoms in total. The number of carbonyl (C=O) groups excluding carboxylic acids is 2. The molecule has 0 aromatic rings. The maximum absolute atomic E-state index is 11.9. The number of cyclic esters (lactones) is 1. The quantitative estimate of drug-likeness (QED) is 0.446. The van der Waals surface area contributed by atoms with E-state index in [1.807, 2.05) is 20.8 Å². The van der Waals surface area contributed by atoms with Crippen LogP contribution in [0.4, 0.5) is 0 Å². The van der Waals surface area contributed by atoms with Crippen molar-refractivity contribution in [2.45, 2.75) is 64.8 Å². The van der Waals surface area contributed by atoms with Crippen LogP contribution in [0.3, 0.4) is 0 Å². The Labute approximate surface area is 142 Å². The lowest BCUT2D eigenvalue weighted by Crippen LogP contribution is -2.36. The smallest absolute Gasteiger partial charge is 0.334 e. The molecule has 0 saturated carbocycles. The summed E-state index contributed by atoms with van der Waals surface area (Å²) in [5.74, 6) is -1.58. The van der Waals surface area contributed by atoms with Crippen LogP contribution in [-0.4, -0.2) is 42.1 Å². The van der Waals surface area contributed by atoms with Crippen molar-refractivity contribution in [3.05, 3.63) is 36.0 Å². The third-order valence-electron chi connectivity index (χ3n) is 3.84. The van der Waals surface area contributed by atoms with Crippen LogP contribution in [0, 0.1) is 0 Å². The molecule has 0 aromatic heterocycles. The normalized spacial score (nSPS) is 32.9. The third kappa shape index (κ3) is 4.55. The van der Waals surface area contributed by atoms with Gasteiger partial charge in [0.15, 0.2) is 18.0 Å². The average Bonchev–Trinajstić information content (AvgIpc) is 2.78. The van der Waals surface area contributed by atoms with Gasteiger partial charge in [0.1, 0.15) is 6.10 Å². The molecule has 0 radical (unpaired) electrons. The molecule has 1 fully saturated rings. The van der Waals surface area contributed by atoms with Gasteiger partial charge in [0.05, 0.1) is 6.10 Å². The lowest BCUT2D eigenvalue weighted by atomic mass is 10.1. The lowest BCUT2D eigenvalue weighted by molar-refractivity contribution is -0.157. The van der Waals surface area contributed by atoms with Crippen molar-refractivity contribution < 1.29 is 28.5 Å². The molecule has 4 atom stereocenters. The number of ether oxygens (including phenoxy) is 4. The summed E-state index contributed by atoms with van der Waals surface area (Å²) >= 11 is 0. The monoisotopic (exact) mass is 336 g/mol. The van der Waals surface area contributed by atoms with E-state index in [2.05, 4.69) is 0 Å². The van der Waals surface area contributed by atoms with E-state index in [9.17, 15) is 9.59 Å². The van der Waals surface area contributed by atoms with E-state index in [0.29, 0.717) is 5.57 Å². The summed E-state index contributed by atoms with van der Waals surface area (Å²) in [6, 6.07) is 0. The maximum atomic E-state index is 11.9. The molecule has 2 rings (SSSR count). The van der Waals surface area contributed by atoms with Gasteiger partial charge in [0.25, 0.3) is 0 Å². The molecule has 0 N–H and O–H groups in total. The predicted molar refractivity (Wildman–Crippen MR) is 87.0 cm³/mol. The van der Waals surface area contributed by atoms with Crippen LogP contribution >= 0.6 is 0 Å². The Balaban J connectivity index is 2.08. The van der Waals surface area contributed by atoms with E-state index in [1.54, 1.807) is 32.1 Å². The zero-order chi connectivity index (χ0) is 17.9. The summed E-state index contributed by atoms with van der Waals surface area (Å²) in [6.07, 6.45) is 6.14. The fourth-order valence-electron chi connectivity index (χ4n) is 2.49. The summed E-state index contributed by atoms with van der Waals surface area (Å²) in [6.45, 7) is 9.00. The molecule has 6 heteroatoms. The number of hydrogen-bond acceptors (Lipinski definition) is 6. The van der Waals surface area contributed by atoms with Crippen LogP contribution in [-0.2, 0) is 28.5 Å². The molecule has 0 amide bonds. The van der Waals surface area contributed by atoms with Crippen molar-refractivity contribution in [2.75, 3.05) is 0 Å². The van der Waals surface area contributed by atoms with E-state index in [1.165, 1.54) is 12.2 Å². The van der Waals surface area contributed by atoms with Crippen molar-refractivity contribution in [3.8, 4) is 0 Å². The van der Waals surface area contributed by atoms with Gasteiger partial charge in [0, 0.05) is 11.6 Å². The molecule has 0 bridgehead atoms. The van der Waals surface area contributed by atoms with Crippen LogP contribution in [0.2, 0.25) is 0 Å². The minimum Gasteiger partial charge on any atom is -0.451 e. The van der Waals surface area contributed by atoms with Crippen LogP contribution in [0.1, 0.15) is 34.6 Å². The first-order valence-corrected chi connectivity index (χ1v) is 7.98. The second-order valence-electron chi connectivity index (χ2n) is 6.29. The Bertz CT molecular complexity index is 586. The van der Waals surface area contributed by atoms with Crippen molar-refractivity contribution in [1.82, 2.24) is 0 Å². The number of hydrogen-bond donors (Lipinski definition) is 0. The van der Waals surface area contributed by atoms with Gasteiger partial charge < -0.3 is 18.9 Å². The van der Waals surface area contributed by atoms with Crippen LogP contribution in [0.25, 0.3) is 0 Å². The third-order valence-corrected chi connectivity index (χ3v) is 3.84. The minimum atomic E-state index is -0.699. The number of esters is 2. The van der Waals surface area contributed by atoms with Crippen LogP contribution in [0.15, 0.2) is 36.0 Å². The van der Waals surface area contributed by atoms with Gasteiger partial charge in [0.2, 0.25) is 0 Å². The lowest BCUT2D eigenvalue weighted by Gasteiger charge is -2.25. The summed E-state index contributed by atoms with van der Waals surface area (Å²) in [5.41, 5.74) is 0.492. The summed E-state index contributed by atoms with van der Waals surface area (Å²) in [4.78, 5) is 23.4. The Morgan fingerprint density at radius 1 is 1.25 bits per heavy atom. The summed E-state index contributed by atoms with van der Waals surface area (Å²) < 4.78 is 22.1. The molecule has 0 aliphatic carbocycles. The molecule has 4 unspecified atom stereocenters. The SMILES string of the molecule is CC=C(C)C(=O)OC1C=CC(=O)OC1C=CC1OC(C)(C)OC1C. The van der Waals surface area contributed by atoms with Gasteiger partial charge in [-0.3, -0.25) is 0 Å². The Morgan fingerprint density at radius 3 is 2.50 bits per heavy atom. The van der Waals surface area contributed by atoms with E-state index < -0.39 is 29.9 Å². The number of allylic oxidation sites excluding steroid dienone is 1. The molecule has 0 aromatic carbocycles. The number of rotatable bonds is 4. The van der Waals surface area contributed by atoms with Gasteiger partial charge in [-0.15, -0.1) is 0 Å². The van der Waals surface area contributed by atoms with Crippen molar-refractivity contribution in [3.63, 3.8) is 0 Å². The molecule has 2 aliphatic rings. The second kappa shape index (κ2) is 7.32.